The lowest BCUT2D eigenvalue weighted by Gasteiger charge is -2.14. The Morgan fingerprint density at radius 2 is 1.83 bits per heavy atom. The molecule has 0 radical (unpaired) electrons. The average molecular weight is 313 g/mol. The van der Waals surface area contributed by atoms with E-state index in [0.717, 1.165) is 5.56 Å². The minimum atomic E-state index is -0.895. The molecule has 0 saturated carbocycles. The van der Waals surface area contributed by atoms with Crippen molar-refractivity contribution in [3.8, 4) is 0 Å². The number of carbonyl (C=O) groups excluding carboxylic acids is 2. The van der Waals surface area contributed by atoms with Crippen LogP contribution in [0.2, 0.25) is 0 Å². The van der Waals surface area contributed by atoms with Gasteiger partial charge < -0.3 is 14.8 Å². The lowest BCUT2D eigenvalue weighted by Crippen LogP contribution is -2.30. The first-order chi connectivity index (χ1) is 11.1. The molecule has 2 aromatic rings. The summed E-state index contributed by atoms with van der Waals surface area (Å²) in [6.07, 6.45) is -0.895. The van der Waals surface area contributed by atoms with Crippen LogP contribution >= 0.6 is 0 Å². The predicted molar refractivity (Wildman–Crippen MR) is 87.1 cm³/mol. The van der Waals surface area contributed by atoms with Crippen molar-refractivity contribution in [3.63, 3.8) is 0 Å². The first-order valence-corrected chi connectivity index (χ1v) is 7.25. The number of hydrogen-bond acceptors (Lipinski definition) is 4. The second kappa shape index (κ2) is 8.10. The molecule has 0 aliphatic carbocycles. The van der Waals surface area contributed by atoms with Gasteiger partial charge in [0, 0.05) is 12.8 Å². The molecule has 0 bridgehead atoms. The summed E-state index contributed by atoms with van der Waals surface area (Å²) in [4.78, 5) is 24.2. The highest BCUT2D eigenvalue weighted by molar-refractivity contribution is 5.97. The number of ether oxygens (including phenoxy) is 2. The van der Waals surface area contributed by atoms with Gasteiger partial charge in [0.15, 0.2) is 6.10 Å². The summed E-state index contributed by atoms with van der Waals surface area (Å²) in [7, 11) is 1.58. The van der Waals surface area contributed by atoms with Crippen LogP contribution in [0.4, 0.5) is 5.69 Å². The minimum Gasteiger partial charge on any atom is -0.449 e. The van der Waals surface area contributed by atoms with E-state index >= 15 is 0 Å². The zero-order chi connectivity index (χ0) is 16.7. The van der Waals surface area contributed by atoms with Crippen LogP contribution in [-0.2, 0) is 20.9 Å². The quantitative estimate of drug-likeness (QED) is 0.833. The number of rotatable bonds is 6. The summed E-state index contributed by atoms with van der Waals surface area (Å²) in [5.74, 6) is -0.920. The number of methoxy groups -OCH3 is 1. The summed E-state index contributed by atoms with van der Waals surface area (Å²) in [5.41, 5.74) is 1.91. The summed E-state index contributed by atoms with van der Waals surface area (Å²) in [6.45, 7) is 1.94. The zero-order valence-electron chi connectivity index (χ0n) is 13.1. The molecular formula is C18H19NO4. The van der Waals surface area contributed by atoms with E-state index < -0.39 is 12.1 Å². The van der Waals surface area contributed by atoms with E-state index in [1.54, 1.807) is 37.4 Å². The average Bonchev–Trinajstić information content (AvgIpc) is 2.56. The van der Waals surface area contributed by atoms with Crippen molar-refractivity contribution < 1.29 is 19.1 Å². The normalized spacial score (nSPS) is 11.6. The SMILES string of the molecule is COCc1cccc(C(=O)O[C@@H](C)C(=O)Nc2ccccc2)c1. The third-order valence-electron chi connectivity index (χ3n) is 3.17. The van der Waals surface area contributed by atoms with Crippen LogP contribution in [0, 0.1) is 0 Å². The first-order valence-electron chi connectivity index (χ1n) is 7.25. The Morgan fingerprint density at radius 3 is 2.52 bits per heavy atom. The van der Waals surface area contributed by atoms with Crippen molar-refractivity contribution in [1.82, 2.24) is 0 Å². The lowest BCUT2D eigenvalue weighted by molar-refractivity contribution is -0.123. The van der Waals surface area contributed by atoms with Gasteiger partial charge in [-0.15, -0.1) is 0 Å². The Labute approximate surface area is 135 Å². The standard InChI is InChI=1S/C18H19NO4/c1-13(17(20)19-16-9-4-3-5-10-16)23-18(21)15-8-6-7-14(11-15)12-22-2/h3-11,13H,12H2,1-2H3,(H,19,20)/t13-/m0/s1. The highest BCUT2D eigenvalue weighted by atomic mass is 16.5. The molecule has 0 aliphatic heterocycles. The Morgan fingerprint density at radius 1 is 1.09 bits per heavy atom. The number of carbonyl (C=O) groups is 2. The van der Waals surface area contributed by atoms with E-state index in [1.165, 1.54) is 6.92 Å². The molecule has 0 unspecified atom stereocenters. The molecule has 23 heavy (non-hydrogen) atoms. The summed E-state index contributed by atoms with van der Waals surface area (Å²) in [6, 6.07) is 15.9. The van der Waals surface area contributed by atoms with Gasteiger partial charge in [-0.25, -0.2) is 4.79 Å². The molecular weight excluding hydrogens is 294 g/mol. The fraction of sp³-hybridized carbons (Fsp3) is 0.222. The molecule has 2 rings (SSSR count). The number of esters is 1. The van der Waals surface area contributed by atoms with E-state index in [2.05, 4.69) is 5.32 Å². The van der Waals surface area contributed by atoms with Gasteiger partial charge in [0.25, 0.3) is 5.91 Å². The van der Waals surface area contributed by atoms with Crippen LogP contribution in [0.3, 0.4) is 0 Å². The van der Waals surface area contributed by atoms with Crippen LogP contribution in [0.15, 0.2) is 54.6 Å². The van der Waals surface area contributed by atoms with Crippen molar-refractivity contribution in [3.05, 3.63) is 65.7 Å². The zero-order valence-corrected chi connectivity index (χ0v) is 13.1. The molecule has 1 N–H and O–H groups in total. The molecule has 0 spiro atoms. The number of para-hydroxylation sites is 1. The molecule has 0 fully saturated rings. The second-order valence-corrected chi connectivity index (χ2v) is 5.04. The maximum Gasteiger partial charge on any atom is 0.338 e. The van der Waals surface area contributed by atoms with Crippen LogP contribution in [0.1, 0.15) is 22.8 Å². The van der Waals surface area contributed by atoms with Gasteiger partial charge in [0.05, 0.1) is 12.2 Å². The van der Waals surface area contributed by atoms with Gasteiger partial charge in [-0.3, -0.25) is 4.79 Å². The number of nitrogens with one attached hydrogen (secondary N) is 1. The topological polar surface area (TPSA) is 64.6 Å². The second-order valence-electron chi connectivity index (χ2n) is 5.04. The van der Waals surface area contributed by atoms with E-state index in [0.29, 0.717) is 17.9 Å². The maximum absolute atomic E-state index is 12.1. The van der Waals surface area contributed by atoms with Crippen molar-refractivity contribution in [2.75, 3.05) is 12.4 Å². The van der Waals surface area contributed by atoms with Gasteiger partial charge in [0.1, 0.15) is 0 Å². The summed E-state index contributed by atoms with van der Waals surface area (Å²) >= 11 is 0. The molecule has 5 heteroatoms. The molecule has 0 heterocycles. The predicted octanol–water partition coefficient (Wildman–Crippen LogP) is 3.02. The first kappa shape index (κ1) is 16.7. The van der Waals surface area contributed by atoms with Gasteiger partial charge in [-0.1, -0.05) is 30.3 Å². The van der Waals surface area contributed by atoms with E-state index in [-0.39, 0.29) is 5.91 Å². The molecule has 2 aromatic carbocycles. The Bertz CT molecular complexity index is 670. The Balaban J connectivity index is 1.96. The van der Waals surface area contributed by atoms with Gasteiger partial charge in [0.2, 0.25) is 0 Å². The number of hydrogen-bond donors (Lipinski definition) is 1. The van der Waals surface area contributed by atoms with Crippen molar-refractivity contribution >= 4 is 17.6 Å². The maximum atomic E-state index is 12.1. The highest BCUT2D eigenvalue weighted by Crippen LogP contribution is 2.11. The molecule has 0 aliphatic rings. The molecule has 0 aromatic heterocycles. The van der Waals surface area contributed by atoms with E-state index in [4.69, 9.17) is 9.47 Å². The van der Waals surface area contributed by atoms with Crippen molar-refractivity contribution in [2.45, 2.75) is 19.6 Å². The minimum absolute atomic E-state index is 0.377. The summed E-state index contributed by atoms with van der Waals surface area (Å²) < 4.78 is 10.2. The number of anilines is 1. The largest absolute Gasteiger partial charge is 0.449 e. The lowest BCUT2D eigenvalue weighted by atomic mass is 10.1. The van der Waals surface area contributed by atoms with Crippen LogP contribution in [0.25, 0.3) is 0 Å². The van der Waals surface area contributed by atoms with Gasteiger partial charge in [-0.2, -0.15) is 0 Å². The highest BCUT2D eigenvalue weighted by Gasteiger charge is 2.19. The Hall–Kier alpha value is -2.66. The molecule has 1 atom stereocenters. The molecule has 1 amide bonds. The van der Waals surface area contributed by atoms with Crippen LogP contribution in [0.5, 0.6) is 0 Å². The van der Waals surface area contributed by atoms with Crippen molar-refractivity contribution in [1.29, 1.82) is 0 Å². The Kier molecular flexibility index (Phi) is 5.88. The third kappa shape index (κ3) is 4.93. The number of benzene rings is 2. The van der Waals surface area contributed by atoms with Crippen LogP contribution < -0.4 is 5.32 Å². The molecule has 5 nitrogen and oxygen atoms in total. The smallest absolute Gasteiger partial charge is 0.338 e. The van der Waals surface area contributed by atoms with Gasteiger partial charge in [-0.05, 0) is 36.8 Å². The van der Waals surface area contributed by atoms with Crippen molar-refractivity contribution in [2.24, 2.45) is 0 Å². The fourth-order valence-electron chi connectivity index (χ4n) is 2.00. The number of amides is 1. The fourth-order valence-corrected chi connectivity index (χ4v) is 2.00. The third-order valence-corrected chi connectivity index (χ3v) is 3.17. The van der Waals surface area contributed by atoms with Crippen LogP contribution in [-0.4, -0.2) is 25.1 Å². The monoisotopic (exact) mass is 313 g/mol. The molecule has 120 valence electrons. The van der Waals surface area contributed by atoms with E-state index in [9.17, 15) is 9.59 Å². The van der Waals surface area contributed by atoms with E-state index in [1.807, 2.05) is 24.3 Å². The van der Waals surface area contributed by atoms with Gasteiger partial charge >= 0.3 is 5.97 Å². The molecule has 0 saturated heterocycles. The summed E-state index contributed by atoms with van der Waals surface area (Å²) in [5, 5.41) is 2.69.